The van der Waals surface area contributed by atoms with Gasteiger partial charge >= 0.3 is 12.2 Å². The maximum atomic E-state index is 12.8. The molecule has 1 aromatic carbocycles. The Hall–Kier alpha value is -2.68. The first kappa shape index (κ1) is 20.6. The second-order valence-electron chi connectivity index (χ2n) is 5.92. The smallest absolute Gasteiger partial charge is 0.395 e. The van der Waals surface area contributed by atoms with E-state index in [1.54, 1.807) is 0 Å². The maximum Gasteiger partial charge on any atom is 0.433 e. The van der Waals surface area contributed by atoms with Crippen molar-refractivity contribution in [3.63, 3.8) is 0 Å². The van der Waals surface area contributed by atoms with E-state index in [0.717, 1.165) is 11.6 Å². The van der Waals surface area contributed by atoms with Gasteiger partial charge in [-0.15, -0.1) is 0 Å². The van der Waals surface area contributed by atoms with Crippen LogP contribution in [0.2, 0.25) is 0 Å². The van der Waals surface area contributed by atoms with Gasteiger partial charge in [-0.2, -0.15) is 13.2 Å². The van der Waals surface area contributed by atoms with Crippen molar-refractivity contribution in [2.75, 3.05) is 19.7 Å². The number of halogens is 3. The van der Waals surface area contributed by atoms with Gasteiger partial charge in [0.2, 0.25) is 0 Å². The van der Waals surface area contributed by atoms with Crippen LogP contribution in [0.25, 0.3) is 0 Å². The van der Waals surface area contributed by atoms with Crippen LogP contribution in [0.1, 0.15) is 22.8 Å². The van der Waals surface area contributed by atoms with Crippen molar-refractivity contribution in [3.8, 4) is 0 Å². The number of nitrogens with one attached hydrogen (secondary N) is 1. The first-order valence-electron chi connectivity index (χ1n) is 8.39. The third-order valence-corrected chi connectivity index (χ3v) is 3.69. The van der Waals surface area contributed by atoms with Crippen molar-refractivity contribution in [1.29, 1.82) is 0 Å². The van der Waals surface area contributed by atoms with Crippen molar-refractivity contribution in [3.05, 3.63) is 59.2 Å². The number of urea groups is 1. The number of nitrogens with zero attached hydrogens (tertiary/aromatic N) is 3. The molecule has 146 valence electrons. The highest BCUT2D eigenvalue weighted by Crippen LogP contribution is 2.27. The van der Waals surface area contributed by atoms with E-state index in [1.807, 2.05) is 30.3 Å². The number of aliphatic hydroxyl groups is 1. The van der Waals surface area contributed by atoms with Gasteiger partial charge in [-0.05, 0) is 18.6 Å². The predicted molar refractivity (Wildman–Crippen MR) is 92.8 cm³/mol. The summed E-state index contributed by atoms with van der Waals surface area (Å²) in [6.07, 6.45) is -4.48. The SMILES string of the molecule is Cc1cc(C(F)(F)F)nc(CCNC(=O)N(CCO)Cc2ccccc2)n1. The summed E-state index contributed by atoms with van der Waals surface area (Å²) in [6, 6.07) is 9.72. The number of aromatic nitrogens is 2. The quantitative estimate of drug-likeness (QED) is 0.772. The number of aliphatic hydroxyl groups excluding tert-OH is 1. The molecule has 2 amide bonds. The minimum atomic E-state index is -4.54. The molecule has 0 aliphatic carbocycles. The van der Waals surface area contributed by atoms with E-state index < -0.39 is 17.9 Å². The molecule has 1 aromatic heterocycles. The number of carbonyl (C=O) groups excluding carboxylic acids is 1. The summed E-state index contributed by atoms with van der Waals surface area (Å²) in [5.41, 5.74) is 0.116. The minimum absolute atomic E-state index is 0.0133. The lowest BCUT2D eigenvalue weighted by molar-refractivity contribution is -0.141. The van der Waals surface area contributed by atoms with Gasteiger partial charge in [0.05, 0.1) is 6.61 Å². The van der Waals surface area contributed by atoms with Gasteiger partial charge in [0.25, 0.3) is 0 Å². The number of alkyl halides is 3. The third kappa shape index (κ3) is 6.52. The van der Waals surface area contributed by atoms with Gasteiger partial charge in [-0.25, -0.2) is 14.8 Å². The summed E-state index contributed by atoms with van der Waals surface area (Å²) in [6.45, 7) is 1.79. The molecule has 9 heteroatoms. The van der Waals surface area contributed by atoms with Gasteiger partial charge in [0.1, 0.15) is 11.5 Å². The van der Waals surface area contributed by atoms with Gasteiger partial charge in [-0.1, -0.05) is 30.3 Å². The highest BCUT2D eigenvalue weighted by Gasteiger charge is 2.33. The number of benzene rings is 1. The highest BCUT2D eigenvalue weighted by atomic mass is 19.4. The summed E-state index contributed by atoms with van der Waals surface area (Å²) in [5, 5.41) is 11.8. The summed E-state index contributed by atoms with van der Waals surface area (Å²) >= 11 is 0. The second kappa shape index (κ2) is 9.31. The molecule has 2 N–H and O–H groups in total. The number of hydrogen-bond acceptors (Lipinski definition) is 4. The van der Waals surface area contributed by atoms with E-state index in [9.17, 15) is 18.0 Å². The van der Waals surface area contributed by atoms with Crippen molar-refractivity contribution < 1.29 is 23.1 Å². The van der Waals surface area contributed by atoms with Gasteiger partial charge in [-0.3, -0.25) is 0 Å². The third-order valence-electron chi connectivity index (χ3n) is 3.69. The molecule has 0 bridgehead atoms. The van der Waals surface area contributed by atoms with E-state index in [-0.39, 0.29) is 37.6 Å². The van der Waals surface area contributed by atoms with Crippen LogP contribution in [0.4, 0.5) is 18.0 Å². The normalized spacial score (nSPS) is 11.3. The fourth-order valence-corrected chi connectivity index (χ4v) is 2.46. The largest absolute Gasteiger partial charge is 0.433 e. The van der Waals surface area contributed by atoms with Crippen LogP contribution >= 0.6 is 0 Å². The Labute approximate surface area is 155 Å². The molecule has 0 saturated heterocycles. The Balaban J connectivity index is 1.94. The second-order valence-corrected chi connectivity index (χ2v) is 5.92. The van der Waals surface area contributed by atoms with Crippen molar-refractivity contribution in [1.82, 2.24) is 20.2 Å². The molecule has 0 unspecified atom stereocenters. The predicted octanol–water partition coefficient (Wildman–Crippen LogP) is 2.55. The van der Waals surface area contributed by atoms with Gasteiger partial charge < -0.3 is 15.3 Å². The summed E-state index contributed by atoms with van der Waals surface area (Å²) in [7, 11) is 0. The van der Waals surface area contributed by atoms with Crippen LogP contribution in [0.3, 0.4) is 0 Å². The molecule has 0 spiro atoms. The van der Waals surface area contributed by atoms with Crippen molar-refractivity contribution >= 4 is 6.03 Å². The van der Waals surface area contributed by atoms with Crippen LogP contribution in [0.5, 0.6) is 0 Å². The lowest BCUT2D eigenvalue weighted by atomic mass is 10.2. The number of hydrogen-bond donors (Lipinski definition) is 2. The van der Waals surface area contributed by atoms with Crippen LogP contribution < -0.4 is 5.32 Å². The van der Waals surface area contributed by atoms with Crippen molar-refractivity contribution in [2.24, 2.45) is 0 Å². The molecule has 0 atom stereocenters. The summed E-state index contributed by atoms with van der Waals surface area (Å²) < 4.78 is 38.4. The molecule has 2 aromatic rings. The average Bonchev–Trinajstić information content (AvgIpc) is 2.61. The maximum absolute atomic E-state index is 12.8. The highest BCUT2D eigenvalue weighted by molar-refractivity contribution is 5.74. The number of aryl methyl sites for hydroxylation is 1. The first-order valence-corrected chi connectivity index (χ1v) is 8.39. The van der Waals surface area contributed by atoms with E-state index >= 15 is 0 Å². The van der Waals surface area contributed by atoms with Crippen molar-refractivity contribution in [2.45, 2.75) is 26.1 Å². The van der Waals surface area contributed by atoms with Crippen LogP contribution in [-0.4, -0.2) is 45.7 Å². The van der Waals surface area contributed by atoms with Crippen LogP contribution in [-0.2, 0) is 19.1 Å². The molecule has 0 aliphatic rings. The molecular formula is C18H21F3N4O2. The summed E-state index contributed by atoms with van der Waals surface area (Å²) in [5.74, 6) is 0.0133. The molecule has 0 radical (unpaired) electrons. The average molecular weight is 382 g/mol. The zero-order chi connectivity index (χ0) is 19.9. The number of carbonyl (C=O) groups is 1. The van der Waals surface area contributed by atoms with Gasteiger partial charge in [0.15, 0.2) is 0 Å². The molecule has 6 nitrogen and oxygen atoms in total. The minimum Gasteiger partial charge on any atom is -0.395 e. The number of amides is 2. The number of rotatable bonds is 7. The zero-order valence-electron chi connectivity index (χ0n) is 14.8. The fraction of sp³-hybridized carbons (Fsp3) is 0.389. The summed E-state index contributed by atoms with van der Waals surface area (Å²) in [4.78, 5) is 21.2. The molecule has 0 aliphatic heterocycles. The zero-order valence-corrected chi connectivity index (χ0v) is 14.8. The molecule has 0 fully saturated rings. The fourth-order valence-electron chi connectivity index (χ4n) is 2.46. The van der Waals surface area contributed by atoms with E-state index in [2.05, 4.69) is 15.3 Å². The lowest BCUT2D eigenvalue weighted by Gasteiger charge is -2.22. The Bertz CT molecular complexity index is 754. The van der Waals surface area contributed by atoms with Gasteiger partial charge in [0, 0.05) is 31.7 Å². The molecule has 27 heavy (non-hydrogen) atoms. The van der Waals surface area contributed by atoms with Crippen LogP contribution in [0, 0.1) is 6.92 Å². The molecular weight excluding hydrogens is 361 g/mol. The van der Waals surface area contributed by atoms with Crippen LogP contribution in [0.15, 0.2) is 36.4 Å². The molecule has 1 heterocycles. The molecule has 0 saturated carbocycles. The van der Waals surface area contributed by atoms with E-state index in [4.69, 9.17) is 5.11 Å². The van der Waals surface area contributed by atoms with E-state index in [0.29, 0.717) is 6.54 Å². The Morgan fingerprint density at radius 1 is 1.22 bits per heavy atom. The monoisotopic (exact) mass is 382 g/mol. The standard InChI is InChI=1S/C18H21F3N4O2/c1-13-11-15(18(19,20)21)24-16(23-13)7-8-22-17(27)25(9-10-26)12-14-5-3-2-4-6-14/h2-6,11,26H,7-10,12H2,1H3,(H,22,27). The lowest BCUT2D eigenvalue weighted by Crippen LogP contribution is -2.41. The Morgan fingerprint density at radius 2 is 1.93 bits per heavy atom. The first-order chi connectivity index (χ1) is 12.8. The Kier molecular flexibility index (Phi) is 7.12. The van der Waals surface area contributed by atoms with E-state index in [1.165, 1.54) is 11.8 Å². The molecule has 2 rings (SSSR count). The Morgan fingerprint density at radius 3 is 2.56 bits per heavy atom. The topological polar surface area (TPSA) is 78.4 Å².